The molecule has 0 unspecified atom stereocenters. The van der Waals surface area contributed by atoms with Gasteiger partial charge in [0.25, 0.3) is 0 Å². The summed E-state index contributed by atoms with van der Waals surface area (Å²) in [7, 11) is 0. The Balaban J connectivity index is 0.000000135. The third-order valence-electron chi connectivity index (χ3n) is 10.9. The van der Waals surface area contributed by atoms with Gasteiger partial charge in [0.1, 0.15) is 0 Å². The van der Waals surface area contributed by atoms with E-state index < -0.39 is 11.6 Å². The highest BCUT2D eigenvalue weighted by Gasteiger charge is 2.18. The molecule has 0 spiro atoms. The number of hydrogen-bond acceptors (Lipinski definition) is 6. The minimum atomic E-state index is -0.459. The smallest absolute Gasteiger partial charge is 0.233 e. The van der Waals surface area contributed by atoms with Gasteiger partial charge in [-0.15, -0.1) is 0 Å². The summed E-state index contributed by atoms with van der Waals surface area (Å²) >= 11 is 0. The maximum Gasteiger partial charge on any atom is 0.233 e. The minimum absolute atomic E-state index is 0.436. The highest BCUT2D eigenvalue weighted by atomic mass is 16.2. The number of carbonyl (C=O) groups excluding carboxylic acids is 2. The van der Waals surface area contributed by atoms with Crippen LogP contribution in [0.25, 0.3) is 65.9 Å². The highest BCUT2D eigenvalue weighted by Crippen LogP contribution is 2.34. The quantitative estimate of drug-likeness (QED) is 0.0589. The van der Waals surface area contributed by atoms with Crippen molar-refractivity contribution in [2.45, 2.75) is 27.7 Å². The zero-order valence-electron chi connectivity index (χ0n) is 35.2. The number of nitrogen functional groups attached to an aromatic ring is 2. The lowest BCUT2D eigenvalue weighted by atomic mass is 10.00. The molecule has 0 saturated carbocycles. The Kier molecular flexibility index (Phi) is 11.7. The van der Waals surface area contributed by atoms with Gasteiger partial charge < -0.3 is 11.5 Å². The molecule has 62 heavy (non-hydrogen) atoms. The topological polar surface area (TPSA) is 112 Å². The normalized spacial score (nSPS) is 10.8. The fourth-order valence-corrected chi connectivity index (χ4v) is 7.31. The molecule has 10 aromatic rings. The summed E-state index contributed by atoms with van der Waals surface area (Å²) in [6, 6.07) is 60.0. The van der Waals surface area contributed by atoms with Crippen LogP contribution < -0.4 is 11.5 Å². The fraction of sp³-hybridized carbons (Fsp3) is 0.0714. The first-order valence-electron chi connectivity index (χ1n) is 20.5. The van der Waals surface area contributed by atoms with Gasteiger partial charge in [-0.25, -0.2) is 9.97 Å². The molecule has 4 N–H and O–H groups in total. The molecule has 0 aliphatic carbocycles. The van der Waals surface area contributed by atoms with Crippen molar-refractivity contribution in [2.75, 3.05) is 11.5 Å². The van der Waals surface area contributed by atoms with Crippen molar-refractivity contribution >= 4 is 66.3 Å². The Morgan fingerprint density at radius 3 is 1.23 bits per heavy atom. The summed E-state index contributed by atoms with van der Waals surface area (Å²) in [5.41, 5.74) is 24.3. The standard InChI is InChI=1S/C26H20N2.C16H14O2.C14H12N2/c1-17-7-11-20(12-8-17)24-25(21-13-9-18(2)10-14-21)28-26-22-6-4-3-5-19(22)15-16-23(26)27-24;1-11-3-7-13(8-4-11)15(17)16(18)14-9-5-12(2)6-10-14;15-13-7-11-5-9-3-1-2-4-10(9)6-12(11)8-14(13)16/h3-16H,1-2H3;3-10H,1-2H3;1-8H,15-16H2. The Hall–Kier alpha value is -7.96. The maximum atomic E-state index is 12.0. The molecular weight excluding hydrogens is 761 g/mol. The molecule has 1 heterocycles. The summed E-state index contributed by atoms with van der Waals surface area (Å²) < 4.78 is 0. The van der Waals surface area contributed by atoms with Gasteiger partial charge in [-0.3, -0.25) is 9.59 Å². The van der Waals surface area contributed by atoms with Gasteiger partial charge in [-0.2, -0.15) is 0 Å². The van der Waals surface area contributed by atoms with Gasteiger partial charge in [-0.1, -0.05) is 174 Å². The lowest BCUT2D eigenvalue weighted by Crippen LogP contribution is -2.14. The number of rotatable bonds is 5. The molecule has 6 nitrogen and oxygen atoms in total. The number of Topliss-reactive ketones (excluding diaryl/α,β-unsaturated/α-hetero) is 2. The van der Waals surface area contributed by atoms with E-state index in [-0.39, 0.29) is 0 Å². The predicted octanol–water partition coefficient (Wildman–Crippen LogP) is 13.3. The number of nitrogens with two attached hydrogens (primary N) is 2. The maximum absolute atomic E-state index is 12.0. The number of aryl methyl sites for hydroxylation is 4. The van der Waals surface area contributed by atoms with Crippen LogP contribution in [0.4, 0.5) is 11.4 Å². The molecule has 10 rings (SSSR count). The monoisotopic (exact) mass is 806 g/mol. The van der Waals surface area contributed by atoms with Crippen LogP contribution in [0.2, 0.25) is 0 Å². The van der Waals surface area contributed by atoms with Gasteiger partial charge in [0, 0.05) is 27.6 Å². The predicted molar refractivity (Wildman–Crippen MR) is 259 cm³/mol. The highest BCUT2D eigenvalue weighted by molar-refractivity contribution is 6.49. The van der Waals surface area contributed by atoms with E-state index in [0.717, 1.165) is 60.8 Å². The van der Waals surface area contributed by atoms with Crippen LogP contribution >= 0.6 is 0 Å². The van der Waals surface area contributed by atoms with Crippen LogP contribution in [0.1, 0.15) is 43.0 Å². The van der Waals surface area contributed by atoms with Crippen molar-refractivity contribution < 1.29 is 9.59 Å². The third-order valence-corrected chi connectivity index (χ3v) is 10.9. The van der Waals surface area contributed by atoms with Gasteiger partial charge in [0.2, 0.25) is 11.6 Å². The number of ketones is 2. The van der Waals surface area contributed by atoms with Gasteiger partial charge in [-0.05, 0) is 85.0 Å². The van der Waals surface area contributed by atoms with Crippen LogP contribution in [-0.2, 0) is 0 Å². The van der Waals surface area contributed by atoms with Crippen molar-refractivity contribution in [1.82, 2.24) is 9.97 Å². The number of carbonyl (C=O) groups is 2. The average molecular weight is 807 g/mol. The number of nitrogens with zero attached hydrogens (tertiary/aromatic N) is 2. The molecule has 0 aliphatic rings. The van der Waals surface area contributed by atoms with E-state index in [1.807, 2.05) is 62.4 Å². The second kappa shape index (κ2) is 17.7. The molecule has 6 heteroatoms. The molecule has 302 valence electrons. The summed E-state index contributed by atoms with van der Waals surface area (Å²) in [5.74, 6) is -0.919. The van der Waals surface area contributed by atoms with E-state index in [4.69, 9.17) is 21.4 Å². The summed E-state index contributed by atoms with van der Waals surface area (Å²) in [6.07, 6.45) is 0. The first-order chi connectivity index (χ1) is 30.0. The number of benzene rings is 9. The first-order valence-corrected chi connectivity index (χ1v) is 20.5. The Bertz CT molecular complexity index is 3130. The SMILES string of the molecule is Cc1ccc(-c2nc3ccc4ccccc4c3nc2-c2ccc(C)cc2)cc1.Cc1ccc(C(=O)C(=O)c2ccc(C)cc2)cc1.Nc1cc2cc3ccccc3cc2cc1N. The second-order valence-corrected chi connectivity index (χ2v) is 15.7. The lowest BCUT2D eigenvalue weighted by molar-refractivity contribution is 0.0817. The number of fused-ring (bicyclic) bond motifs is 5. The Morgan fingerprint density at radius 2 is 0.774 bits per heavy atom. The number of anilines is 2. The van der Waals surface area contributed by atoms with Crippen molar-refractivity contribution in [3.05, 3.63) is 215 Å². The molecule has 1 aromatic heterocycles. The number of hydrogen-bond donors (Lipinski definition) is 2. The van der Waals surface area contributed by atoms with E-state index in [0.29, 0.717) is 22.5 Å². The molecule has 0 fully saturated rings. The van der Waals surface area contributed by atoms with Crippen molar-refractivity contribution in [3.63, 3.8) is 0 Å². The second-order valence-electron chi connectivity index (χ2n) is 15.7. The van der Waals surface area contributed by atoms with Crippen molar-refractivity contribution in [3.8, 4) is 22.5 Å². The Labute approximate surface area is 361 Å². The Morgan fingerprint density at radius 1 is 0.387 bits per heavy atom. The minimum Gasteiger partial charge on any atom is -0.397 e. The third kappa shape index (κ3) is 8.96. The fourth-order valence-electron chi connectivity index (χ4n) is 7.31. The number of aromatic nitrogens is 2. The molecule has 0 radical (unpaired) electrons. The van der Waals surface area contributed by atoms with Crippen LogP contribution in [0, 0.1) is 27.7 Å². The van der Waals surface area contributed by atoms with E-state index in [1.54, 1.807) is 24.3 Å². The van der Waals surface area contributed by atoms with E-state index >= 15 is 0 Å². The molecule has 0 amide bonds. The molecular formula is C56H46N4O2. The summed E-state index contributed by atoms with van der Waals surface area (Å²) in [5, 5.41) is 7.02. The van der Waals surface area contributed by atoms with Crippen LogP contribution in [0.15, 0.2) is 182 Å². The zero-order chi connectivity index (χ0) is 43.3. The summed E-state index contributed by atoms with van der Waals surface area (Å²) in [4.78, 5) is 34.2. The molecule has 9 aromatic carbocycles. The van der Waals surface area contributed by atoms with Gasteiger partial charge >= 0.3 is 0 Å². The molecule has 0 aliphatic heterocycles. The first kappa shape index (κ1) is 40.8. The lowest BCUT2D eigenvalue weighted by Gasteiger charge is -2.12. The largest absolute Gasteiger partial charge is 0.397 e. The van der Waals surface area contributed by atoms with E-state index in [1.165, 1.54) is 27.3 Å². The molecule has 0 bridgehead atoms. The van der Waals surface area contributed by atoms with E-state index in [9.17, 15) is 9.59 Å². The summed E-state index contributed by atoms with van der Waals surface area (Å²) in [6.45, 7) is 8.08. The zero-order valence-corrected chi connectivity index (χ0v) is 35.2. The van der Waals surface area contributed by atoms with Gasteiger partial charge in [0.15, 0.2) is 0 Å². The van der Waals surface area contributed by atoms with Crippen LogP contribution in [0.3, 0.4) is 0 Å². The van der Waals surface area contributed by atoms with Crippen LogP contribution in [-0.4, -0.2) is 21.5 Å². The van der Waals surface area contributed by atoms with Crippen LogP contribution in [0.5, 0.6) is 0 Å². The van der Waals surface area contributed by atoms with Crippen molar-refractivity contribution in [2.24, 2.45) is 0 Å². The molecule has 0 saturated heterocycles. The van der Waals surface area contributed by atoms with Gasteiger partial charge in [0.05, 0.1) is 33.8 Å². The van der Waals surface area contributed by atoms with Crippen molar-refractivity contribution in [1.29, 1.82) is 0 Å². The average Bonchev–Trinajstić information content (AvgIpc) is 3.29. The van der Waals surface area contributed by atoms with E-state index in [2.05, 4.69) is 123 Å². The molecule has 0 atom stereocenters.